The smallest absolute Gasteiger partial charge is 0.314 e. The molecule has 0 amide bonds. The van der Waals surface area contributed by atoms with Gasteiger partial charge in [-0.05, 0) is 25.1 Å². The molecule has 0 radical (unpaired) electrons. The van der Waals surface area contributed by atoms with Crippen molar-refractivity contribution in [3.05, 3.63) is 59.8 Å². The standard InChI is InChI=1S/C17H12F3N5O2/c1-9-4-13(27-24-9)8-25-3-2-21-15(25)10-5-11(7-12(18)6-10)16-22-23-17(26-16)14(19)20/h2-7,14H,8H2,1H3. The van der Waals surface area contributed by atoms with E-state index in [1.807, 2.05) is 0 Å². The maximum atomic E-state index is 14.1. The Kier molecular flexibility index (Phi) is 4.22. The Bertz CT molecular complexity index is 1090. The number of hydrogen-bond donors (Lipinski definition) is 0. The van der Waals surface area contributed by atoms with Crippen molar-refractivity contribution in [1.82, 2.24) is 24.9 Å². The summed E-state index contributed by atoms with van der Waals surface area (Å²) in [4.78, 5) is 4.25. The van der Waals surface area contributed by atoms with E-state index in [2.05, 4.69) is 20.3 Å². The van der Waals surface area contributed by atoms with E-state index < -0.39 is 18.1 Å². The van der Waals surface area contributed by atoms with Gasteiger partial charge in [0.1, 0.15) is 11.6 Å². The molecule has 0 N–H and O–H groups in total. The van der Waals surface area contributed by atoms with Gasteiger partial charge in [-0.15, -0.1) is 10.2 Å². The highest BCUT2D eigenvalue weighted by molar-refractivity contribution is 5.65. The lowest BCUT2D eigenvalue weighted by molar-refractivity contribution is 0.116. The summed E-state index contributed by atoms with van der Waals surface area (Å²) in [6.07, 6.45) is 0.368. The van der Waals surface area contributed by atoms with Gasteiger partial charge in [-0.3, -0.25) is 0 Å². The number of aryl methyl sites for hydroxylation is 1. The second kappa shape index (κ2) is 6.71. The Morgan fingerprint density at radius 3 is 2.63 bits per heavy atom. The van der Waals surface area contributed by atoms with Gasteiger partial charge in [0.15, 0.2) is 5.76 Å². The summed E-state index contributed by atoms with van der Waals surface area (Å²) in [5.74, 6) is -0.544. The lowest BCUT2D eigenvalue weighted by Crippen LogP contribution is -2.00. The van der Waals surface area contributed by atoms with E-state index in [4.69, 9.17) is 8.94 Å². The number of benzene rings is 1. The zero-order valence-electron chi connectivity index (χ0n) is 13.9. The van der Waals surface area contributed by atoms with Gasteiger partial charge in [-0.2, -0.15) is 8.78 Å². The molecule has 0 saturated heterocycles. The fraction of sp³-hybridized carbons (Fsp3) is 0.176. The SMILES string of the molecule is Cc1cc(Cn2ccnc2-c2cc(F)cc(-c3nnc(C(F)F)o3)c2)on1. The molecule has 138 valence electrons. The highest BCUT2D eigenvalue weighted by Gasteiger charge is 2.19. The van der Waals surface area contributed by atoms with Crippen LogP contribution in [0.1, 0.15) is 23.8 Å². The number of hydrogen-bond acceptors (Lipinski definition) is 6. The summed E-state index contributed by atoms with van der Waals surface area (Å²) in [7, 11) is 0. The minimum atomic E-state index is -2.90. The summed E-state index contributed by atoms with van der Waals surface area (Å²) in [5, 5.41) is 10.6. The first-order chi connectivity index (χ1) is 13.0. The Morgan fingerprint density at radius 1 is 1.11 bits per heavy atom. The van der Waals surface area contributed by atoms with E-state index in [1.165, 1.54) is 12.1 Å². The molecule has 3 aromatic heterocycles. The number of rotatable bonds is 5. The Balaban J connectivity index is 1.70. The first-order valence-corrected chi connectivity index (χ1v) is 7.86. The molecule has 1 aromatic carbocycles. The third-order valence-electron chi connectivity index (χ3n) is 3.75. The largest absolute Gasteiger partial charge is 0.415 e. The Morgan fingerprint density at radius 2 is 1.93 bits per heavy atom. The van der Waals surface area contributed by atoms with Crippen molar-refractivity contribution in [2.24, 2.45) is 0 Å². The molecule has 0 spiro atoms. The Labute approximate surface area is 150 Å². The van der Waals surface area contributed by atoms with Crippen molar-refractivity contribution in [1.29, 1.82) is 0 Å². The van der Waals surface area contributed by atoms with E-state index in [0.29, 0.717) is 23.7 Å². The Hall–Kier alpha value is -3.43. The molecule has 0 atom stereocenters. The van der Waals surface area contributed by atoms with Crippen LogP contribution in [0, 0.1) is 12.7 Å². The molecule has 0 saturated carbocycles. The van der Waals surface area contributed by atoms with Crippen molar-refractivity contribution in [2.45, 2.75) is 19.9 Å². The average molecular weight is 375 g/mol. The predicted molar refractivity (Wildman–Crippen MR) is 86.2 cm³/mol. The van der Waals surface area contributed by atoms with Gasteiger partial charge in [-0.25, -0.2) is 9.37 Å². The quantitative estimate of drug-likeness (QED) is 0.524. The number of halogens is 3. The fourth-order valence-electron chi connectivity index (χ4n) is 2.64. The van der Waals surface area contributed by atoms with Crippen LogP contribution in [0.4, 0.5) is 13.2 Å². The molecule has 7 nitrogen and oxygen atoms in total. The summed E-state index contributed by atoms with van der Waals surface area (Å²) in [5.41, 5.74) is 1.34. The third kappa shape index (κ3) is 3.46. The minimum absolute atomic E-state index is 0.175. The van der Waals surface area contributed by atoms with Crippen molar-refractivity contribution < 1.29 is 22.1 Å². The van der Waals surface area contributed by atoms with E-state index in [9.17, 15) is 13.2 Å². The number of alkyl halides is 2. The summed E-state index contributed by atoms with van der Waals surface area (Å²) in [6.45, 7) is 2.15. The minimum Gasteiger partial charge on any atom is -0.415 e. The normalized spacial score (nSPS) is 11.4. The van der Waals surface area contributed by atoms with Crippen LogP contribution in [-0.2, 0) is 6.54 Å². The molecule has 4 aromatic rings. The van der Waals surface area contributed by atoms with Gasteiger partial charge < -0.3 is 13.5 Å². The van der Waals surface area contributed by atoms with E-state index in [1.54, 1.807) is 30.0 Å². The third-order valence-corrected chi connectivity index (χ3v) is 3.75. The maximum absolute atomic E-state index is 14.1. The van der Waals surface area contributed by atoms with Crippen LogP contribution < -0.4 is 0 Å². The number of nitrogens with zero attached hydrogens (tertiary/aromatic N) is 5. The molecule has 0 fully saturated rings. The highest BCUT2D eigenvalue weighted by Crippen LogP contribution is 2.28. The number of aromatic nitrogens is 5. The van der Waals surface area contributed by atoms with Crippen LogP contribution in [0.5, 0.6) is 0 Å². The number of imidazole rings is 1. The first-order valence-electron chi connectivity index (χ1n) is 7.86. The topological polar surface area (TPSA) is 82.8 Å². The summed E-state index contributed by atoms with van der Waals surface area (Å²) < 4.78 is 51.3. The van der Waals surface area contributed by atoms with E-state index in [-0.39, 0.29) is 11.5 Å². The predicted octanol–water partition coefficient (Wildman–Crippen LogP) is 4.02. The van der Waals surface area contributed by atoms with Crippen LogP contribution >= 0.6 is 0 Å². The van der Waals surface area contributed by atoms with Crippen molar-refractivity contribution in [3.8, 4) is 22.8 Å². The summed E-state index contributed by atoms with van der Waals surface area (Å²) >= 11 is 0. The molecular weight excluding hydrogens is 363 g/mol. The first kappa shape index (κ1) is 17.0. The van der Waals surface area contributed by atoms with Gasteiger partial charge in [0, 0.05) is 29.6 Å². The maximum Gasteiger partial charge on any atom is 0.314 e. The van der Waals surface area contributed by atoms with Gasteiger partial charge in [0.2, 0.25) is 5.89 Å². The molecule has 0 aliphatic carbocycles. The van der Waals surface area contributed by atoms with Crippen LogP contribution in [0.2, 0.25) is 0 Å². The zero-order chi connectivity index (χ0) is 19.0. The van der Waals surface area contributed by atoms with Gasteiger partial charge in [-0.1, -0.05) is 5.16 Å². The van der Waals surface area contributed by atoms with Gasteiger partial charge >= 0.3 is 6.43 Å². The lowest BCUT2D eigenvalue weighted by Gasteiger charge is -2.07. The lowest BCUT2D eigenvalue weighted by atomic mass is 10.1. The van der Waals surface area contributed by atoms with Crippen LogP contribution in [0.3, 0.4) is 0 Å². The molecular formula is C17H12F3N5O2. The van der Waals surface area contributed by atoms with Crippen molar-refractivity contribution in [3.63, 3.8) is 0 Å². The molecule has 0 aliphatic rings. The summed E-state index contributed by atoms with van der Waals surface area (Å²) in [6, 6.07) is 5.72. The molecule has 27 heavy (non-hydrogen) atoms. The van der Waals surface area contributed by atoms with Crippen molar-refractivity contribution >= 4 is 0 Å². The van der Waals surface area contributed by atoms with Crippen LogP contribution in [0.15, 0.2) is 45.6 Å². The average Bonchev–Trinajstić information content (AvgIpc) is 3.35. The molecule has 0 unspecified atom stereocenters. The van der Waals surface area contributed by atoms with Gasteiger partial charge in [0.25, 0.3) is 5.89 Å². The van der Waals surface area contributed by atoms with Crippen molar-refractivity contribution in [2.75, 3.05) is 0 Å². The van der Waals surface area contributed by atoms with Crippen LogP contribution in [-0.4, -0.2) is 24.9 Å². The second-order valence-corrected chi connectivity index (χ2v) is 5.79. The molecule has 0 aliphatic heterocycles. The van der Waals surface area contributed by atoms with E-state index in [0.717, 1.165) is 11.8 Å². The molecule has 10 heteroatoms. The highest BCUT2D eigenvalue weighted by atomic mass is 19.3. The monoisotopic (exact) mass is 375 g/mol. The molecule has 4 rings (SSSR count). The van der Waals surface area contributed by atoms with Gasteiger partial charge in [0.05, 0.1) is 12.2 Å². The molecule has 0 bridgehead atoms. The fourth-order valence-corrected chi connectivity index (χ4v) is 2.64. The zero-order valence-corrected chi connectivity index (χ0v) is 13.9. The van der Waals surface area contributed by atoms with Crippen LogP contribution in [0.25, 0.3) is 22.8 Å². The second-order valence-electron chi connectivity index (χ2n) is 5.79. The van der Waals surface area contributed by atoms with E-state index >= 15 is 0 Å². The molecule has 3 heterocycles.